The Balaban J connectivity index is 1.70. The Bertz CT molecular complexity index is 406. The third-order valence-corrected chi connectivity index (χ3v) is 3.39. The Kier molecular flexibility index (Phi) is 4.96. The normalized spacial score (nSPS) is 15.8. The fourth-order valence-electron chi connectivity index (χ4n) is 2.08. The van der Waals surface area contributed by atoms with Gasteiger partial charge in [-0.25, -0.2) is 0 Å². The highest BCUT2D eigenvalue weighted by molar-refractivity contribution is 6.33. The van der Waals surface area contributed by atoms with Gasteiger partial charge in [-0.2, -0.15) is 0 Å². The van der Waals surface area contributed by atoms with Crippen LogP contribution in [0.25, 0.3) is 0 Å². The van der Waals surface area contributed by atoms with Gasteiger partial charge in [0.05, 0.1) is 23.3 Å². The van der Waals surface area contributed by atoms with Gasteiger partial charge in [-0.1, -0.05) is 24.4 Å². The molecule has 18 heavy (non-hydrogen) atoms. The van der Waals surface area contributed by atoms with E-state index in [1.165, 1.54) is 19.0 Å². The van der Waals surface area contributed by atoms with Gasteiger partial charge >= 0.3 is 0 Å². The fourth-order valence-corrected chi connectivity index (χ4v) is 2.28. The first-order chi connectivity index (χ1) is 8.77. The first-order valence-corrected chi connectivity index (χ1v) is 6.64. The van der Waals surface area contributed by atoms with E-state index in [1.54, 1.807) is 12.3 Å². The second-order valence-electron chi connectivity index (χ2n) is 4.39. The molecule has 0 saturated heterocycles. The highest BCUT2D eigenvalue weighted by atomic mass is 35.5. The number of carbonyl (C=O) groups excluding carboxylic acids is 1. The third-order valence-electron chi connectivity index (χ3n) is 3.06. The SMILES string of the molecule is O=C(NCCOC1CCCC1)c1cnccc1Cl. The summed E-state index contributed by atoms with van der Waals surface area (Å²) in [6, 6.07) is 1.60. The first kappa shape index (κ1) is 13.3. The number of halogens is 1. The van der Waals surface area contributed by atoms with E-state index < -0.39 is 0 Å². The van der Waals surface area contributed by atoms with Crippen LogP contribution in [-0.2, 0) is 4.74 Å². The van der Waals surface area contributed by atoms with Gasteiger partial charge in [0, 0.05) is 18.9 Å². The summed E-state index contributed by atoms with van der Waals surface area (Å²) in [6.07, 6.45) is 8.19. The topological polar surface area (TPSA) is 51.2 Å². The molecule has 0 bridgehead atoms. The molecule has 0 unspecified atom stereocenters. The molecule has 2 rings (SSSR count). The highest BCUT2D eigenvalue weighted by Gasteiger charge is 2.15. The van der Waals surface area contributed by atoms with Gasteiger partial charge < -0.3 is 10.1 Å². The summed E-state index contributed by atoms with van der Waals surface area (Å²) in [5.41, 5.74) is 0.403. The minimum atomic E-state index is -0.205. The monoisotopic (exact) mass is 268 g/mol. The van der Waals surface area contributed by atoms with Crippen LogP contribution in [0.3, 0.4) is 0 Å². The average Bonchev–Trinajstić information content (AvgIpc) is 2.88. The number of amides is 1. The number of nitrogens with one attached hydrogen (secondary N) is 1. The molecule has 4 nitrogen and oxygen atoms in total. The van der Waals surface area contributed by atoms with Crippen LogP contribution in [0.1, 0.15) is 36.0 Å². The molecular formula is C13H17ClN2O2. The number of hydrogen-bond acceptors (Lipinski definition) is 3. The molecule has 1 aromatic heterocycles. The largest absolute Gasteiger partial charge is 0.376 e. The number of nitrogens with zero attached hydrogens (tertiary/aromatic N) is 1. The number of carbonyl (C=O) groups is 1. The van der Waals surface area contributed by atoms with Crippen molar-refractivity contribution in [1.82, 2.24) is 10.3 Å². The Labute approximate surface area is 112 Å². The maximum absolute atomic E-state index is 11.8. The van der Waals surface area contributed by atoms with Crippen LogP contribution in [0.2, 0.25) is 5.02 Å². The number of ether oxygens (including phenoxy) is 1. The lowest BCUT2D eigenvalue weighted by molar-refractivity contribution is 0.0582. The van der Waals surface area contributed by atoms with E-state index in [0.29, 0.717) is 29.8 Å². The summed E-state index contributed by atoms with van der Waals surface area (Å²) in [7, 11) is 0. The average molecular weight is 269 g/mol. The van der Waals surface area contributed by atoms with Crippen molar-refractivity contribution >= 4 is 17.5 Å². The smallest absolute Gasteiger partial charge is 0.254 e. The molecule has 98 valence electrons. The van der Waals surface area contributed by atoms with E-state index >= 15 is 0 Å². The molecule has 0 radical (unpaired) electrons. The summed E-state index contributed by atoms with van der Waals surface area (Å²) in [5, 5.41) is 3.19. The maximum Gasteiger partial charge on any atom is 0.254 e. The Hall–Kier alpha value is -1.13. The number of pyridine rings is 1. The number of hydrogen-bond donors (Lipinski definition) is 1. The van der Waals surface area contributed by atoms with E-state index in [1.807, 2.05) is 0 Å². The molecule has 1 aromatic rings. The Morgan fingerprint density at radius 2 is 2.28 bits per heavy atom. The van der Waals surface area contributed by atoms with Gasteiger partial charge in [0.15, 0.2) is 0 Å². The molecule has 1 fully saturated rings. The zero-order chi connectivity index (χ0) is 12.8. The molecule has 1 heterocycles. The van der Waals surface area contributed by atoms with Gasteiger partial charge in [0.2, 0.25) is 0 Å². The van der Waals surface area contributed by atoms with Crippen LogP contribution in [0.4, 0.5) is 0 Å². The van der Waals surface area contributed by atoms with Crippen molar-refractivity contribution in [2.75, 3.05) is 13.2 Å². The molecule has 0 spiro atoms. The standard InChI is InChI=1S/C13H17ClN2O2/c14-12-5-6-15-9-11(12)13(17)16-7-8-18-10-3-1-2-4-10/h5-6,9-10H,1-4,7-8H2,(H,16,17). The van der Waals surface area contributed by atoms with Gasteiger partial charge in [-0.05, 0) is 18.9 Å². The molecule has 0 aliphatic heterocycles. The summed E-state index contributed by atoms with van der Waals surface area (Å²) < 4.78 is 5.66. The lowest BCUT2D eigenvalue weighted by atomic mass is 10.2. The van der Waals surface area contributed by atoms with Gasteiger partial charge in [0.25, 0.3) is 5.91 Å². The first-order valence-electron chi connectivity index (χ1n) is 6.26. The molecule has 5 heteroatoms. The third kappa shape index (κ3) is 3.68. The lowest BCUT2D eigenvalue weighted by Crippen LogP contribution is -2.28. The van der Waals surface area contributed by atoms with Crippen molar-refractivity contribution < 1.29 is 9.53 Å². The molecule has 1 N–H and O–H groups in total. The number of aromatic nitrogens is 1. The van der Waals surface area contributed by atoms with Crippen LogP contribution in [0, 0.1) is 0 Å². The minimum Gasteiger partial charge on any atom is -0.376 e. The van der Waals surface area contributed by atoms with Crippen molar-refractivity contribution in [2.24, 2.45) is 0 Å². The number of rotatable bonds is 5. The zero-order valence-corrected chi connectivity index (χ0v) is 10.9. The molecular weight excluding hydrogens is 252 g/mol. The van der Waals surface area contributed by atoms with Gasteiger partial charge in [-0.3, -0.25) is 9.78 Å². The minimum absolute atomic E-state index is 0.205. The van der Waals surface area contributed by atoms with Crippen molar-refractivity contribution in [3.05, 3.63) is 29.0 Å². The fraction of sp³-hybridized carbons (Fsp3) is 0.538. The molecule has 1 amide bonds. The summed E-state index contributed by atoms with van der Waals surface area (Å²) in [5.74, 6) is -0.205. The molecule has 1 aliphatic rings. The predicted molar refractivity (Wildman–Crippen MR) is 69.8 cm³/mol. The summed E-state index contributed by atoms with van der Waals surface area (Å²) in [6.45, 7) is 1.05. The van der Waals surface area contributed by atoms with E-state index in [9.17, 15) is 4.79 Å². The van der Waals surface area contributed by atoms with Crippen LogP contribution in [-0.4, -0.2) is 30.1 Å². The predicted octanol–water partition coefficient (Wildman–Crippen LogP) is 2.42. The van der Waals surface area contributed by atoms with E-state index in [-0.39, 0.29) is 5.91 Å². The zero-order valence-electron chi connectivity index (χ0n) is 10.2. The Morgan fingerprint density at radius 3 is 3.00 bits per heavy atom. The summed E-state index contributed by atoms with van der Waals surface area (Å²) in [4.78, 5) is 15.7. The highest BCUT2D eigenvalue weighted by Crippen LogP contribution is 2.20. The maximum atomic E-state index is 11.8. The van der Waals surface area contributed by atoms with Crippen LogP contribution >= 0.6 is 11.6 Å². The van der Waals surface area contributed by atoms with E-state index in [4.69, 9.17) is 16.3 Å². The molecule has 0 aromatic carbocycles. The van der Waals surface area contributed by atoms with Gasteiger partial charge in [0.1, 0.15) is 0 Å². The Morgan fingerprint density at radius 1 is 1.50 bits per heavy atom. The van der Waals surface area contributed by atoms with Crippen molar-refractivity contribution in [1.29, 1.82) is 0 Å². The molecule has 1 aliphatic carbocycles. The molecule has 1 saturated carbocycles. The van der Waals surface area contributed by atoms with Crippen molar-refractivity contribution in [3.8, 4) is 0 Å². The van der Waals surface area contributed by atoms with Gasteiger partial charge in [-0.15, -0.1) is 0 Å². The van der Waals surface area contributed by atoms with E-state index in [2.05, 4.69) is 10.3 Å². The second-order valence-corrected chi connectivity index (χ2v) is 4.80. The van der Waals surface area contributed by atoms with Crippen molar-refractivity contribution in [3.63, 3.8) is 0 Å². The lowest BCUT2D eigenvalue weighted by Gasteiger charge is -2.11. The second kappa shape index (κ2) is 6.71. The van der Waals surface area contributed by atoms with Crippen LogP contribution in [0.5, 0.6) is 0 Å². The van der Waals surface area contributed by atoms with Crippen LogP contribution in [0.15, 0.2) is 18.5 Å². The van der Waals surface area contributed by atoms with E-state index in [0.717, 1.165) is 12.8 Å². The van der Waals surface area contributed by atoms with Crippen LogP contribution < -0.4 is 5.32 Å². The van der Waals surface area contributed by atoms with Crippen molar-refractivity contribution in [2.45, 2.75) is 31.8 Å². The summed E-state index contributed by atoms with van der Waals surface area (Å²) >= 11 is 5.90. The molecule has 0 atom stereocenters. The quantitative estimate of drug-likeness (QED) is 0.835.